The minimum atomic E-state index is -0.833. The summed E-state index contributed by atoms with van der Waals surface area (Å²) in [6.45, 7) is 6.80. The maximum atomic E-state index is 13.4. The smallest absolute Gasteiger partial charge is 0.275 e. The summed E-state index contributed by atoms with van der Waals surface area (Å²) in [5.41, 5.74) is 2.51. The number of aromatic nitrogens is 2. The molecule has 0 aliphatic carbocycles. The monoisotopic (exact) mass is 587 g/mol. The Morgan fingerprint density at radius 2 is 1.60 bits per heavy atom. The van der Waals surface area contributed by atoms with Crippen molar-refractivity contribution in [1.29, 1.82) is 0 Å². The molecular weight excluding hydrogens is 546 g/mol. The van der Waals surface area contributed by atoms with E-state index in [1.165, 1.54) is 17.4 Å². The van der Waals surface area contributed by atoms with Gasteiger partial charge in [-0.3, -0.25) is 19.3 Å². The third kappa shape index (κ3) is 6.88. The Morgan fingerprint density at radius 3 is 2.26 bits per heavy atom. The van der Waals surface area contributed by atoms with Crippen LogP contribution in [-0.2, 0) is 9.59 Å². The number of nitrogens with zero attached hydrogens (tertiary/aromatic N) is 5. The molecule has 1 unspecified atom stereocenters. The van der Waals surface area contributed by atoms with Crippen LogP contribution in [0.1, 0.15) is 42.1 Å². The lowest BCUT2D eigenvalue weighted by molar-refractivity contribution is -0.124. The molecule has 43 heavy (non-hydrogen) atoms. The van der Waals surface area contributed by atoms with Crippen molar-refractivity contribution >= 4 is 40.2 Å². The van der Waals surface area contributed by atoms with Crippen molar-refractivity contribution in [2.45, 2.75) is 31.7 Å². The third-order valence-corrected chi connectivity index (χ3v) is 8.79. The molecule has 3 heterocycles. The minimum Gasteiger partial charge on any atom is -0.372 e. The molecule has 2 aliphatic heterocycles. The van der Waals surface area contributed by atoms with Gasteiger partial charge >= 0.3 is 0 Å². The Kier molecular flexibility index (Phi) is 9.71. The predicted octanol–water partition coefficient (Wildman–Crippen LogP) is 2.06. The van der Waals surface area contributed by atoms with Crippen molar-refractivity contribution in [3.8, 4) is 0 Å². The average Bonchev–Trinajstić information content (AvgIpc) is 3.06. The number of benzene rings is 2. The van der Waals surface area contributed by atoms with Gasteiger partial charge in [0.2, 0.25) is 5.91 Å². The van der Waals surface area contributed by atoms with Gasteiger partial charge in [0.25, 0.3) is 11.5 Å². The van der Waals surface area contributed by atoms with Gasteiger partial charge in [-0.1, -0.05) is 6.07 Å². The molecule has 0 bridgehead atoms. The van der Waals surface area contributed by atoms with Crippen LogP contribution >= 0.6 is 0 Å². The molecule has 5 rings (SSSR count). The molecule has 2 aromatic carbocycles. The molecule has 2 saturated heterocycles. The van der Waals surface area contributed by atoms with E-state index >= 15 is 0 Å². The average molecular weight is 588 g/mol. The van der Waals surface area contributed by atoms with Crippen LogP contribution in [0.25, 0.3) is 10.8 Å². The fourth-order valence-corrected chi connectivity index (χ4v) is 6.21. The normalized spacial score (nSPS) is 17.1. The molecule has 1 atom stereocenters. The number of piperidine rings is 1. The number of hydrogen-bond donors (Lipinski definition) is 2. The molecule has 2 aliphatic rings. The number of rotatable bonds is 10. The van der Waals surface area contributed by atoms with Crippen molar-refractivity contribution in [2.24, 2.45) is 5.92 Å². The summed E-state index contributed by atoms with van der Waals surface area (Å²) in [7, 11) is 3.16. The van der Waals surface area contributed by atoms with Gasteiger partial charge in [-0.15, -0.1) is 0 Å². The zero-order valence-corrected chi connectivity index (χ0v) is 25.0. The van der Waals surface area contributed by atoms with Gasteiger partial charge in [-0.2, -0.15) is 5.10 Å². The van der Waals surface area contributed by atoms with E-state index in [1.54, 1.807) is 13.2 Å². The molecular formula is C32H41N7O4. The highest BCUT2D eigenvalue weighted by Gasteiger charge is 2.26. The third-order valence-electron chi connectivity index (χ3n) is 8.79. The number of carbonyl (C=O) groups is 3. The summed E-state index contributed by atoms with van der Waals surface area (Å²) >= 11 is 0. The van der Waals surface area contributed by atoms with E-state index in [2.05, 4.69) is 30.4 Å². The van der Waals surface area contributed by atoms with Crippen molar-refractivity contribution in [3.63, 3.8) is 0 Å². The summed E-state index contributed by atoms with van der Waals surface area (Å²) in [6, 6.07) is 12.9. The van der Waals surface area contributed by atoms with Crippen molar-refractivity contribution < 1.29 is 14.4 Å². The first-order chi connectivity index (χ1) is 20.9. The molecule has 2 N–H and O–H groups in total. The summed E-state index contributed by atoms with van der Waals surface area (Å²) in [6.07, 6.45) is 5.04. The molecule has 2 amide bonds. The maximum absolute atomic E-state index is 13.4. The summed E-state index contributed by atoms with van der Waals surface area (Å²) in [5.74, 6) is 0.252. The van der Waals surface area contributed by atoms with Gasteiger partial charge in [-0.05, 0) is 61.6 Å². The lowest BCUT2D eigenvalue weighted by Crippen LogP contribution is -2.49. The fraction of sp³-hybridized carbons (Fsp3) is 0.469. The first kappa shape index (κ1) is 30.2. The lowest BCUT2D eigenvalue weighted by Gasteiger charge is -2.40. The van der Waals surface area contributed by atoms with Crippen LogP contribution in [-0.4, -0.2) is 92.7 Å². The predicted molar refractivity (Wildman–Crippen MR) is 168 cm³/mol. The Bertz CT molecular complexity index is 1490. The molecule has 1 aromatic heterocycles. The fourth-order valence-electron chi connectivity index (χ4n) is 6.21. The molecule has 0 radical (unpaired) electrons. The van der Waals surface area contributed by atoms with Crippen molar-refractivity contribution in [3.05, 3.63) is 64.6 Å². The Balaban J connectivity index is 1.16. The van der Waals surface area contributed by atoms with E-state index in [4.69, 9.17) is 0 Å². The van der Waals surface area contributed by atoms with E-state index in [0.717, 1.165) is 76.0 Å². The van der Waals surface area contributed by atoms with Crippen LogP contribution in [0.3, 0.4) is 0 Å². The molecule has 0 saturated carbocycles. The van der Waals surface area contributed by atoms with Crippen LogP contribution in [0, 0.1) is 5.92 Å². The Labute approximate surface area is 251 Å². The second-order valence-electron chi connectivity index (χ2n) is 11.4. The number of piperazine rings is 1. The molecule has 2 fully saturated rings. The first-order valence-corrected chi connectivity index (χ1v) is 15.1. The minimum absolute atomic E-state index is 0.0648. The van der Waals surface area contributed by atoms with Gasteiger partial charge in [0.15, 0.2) is 0 Å². The zero-order valence-electron chi connectivity index (χ0n) is 25.0. The van der Waals surface area contributed by atoms with E-state index in [9.17, 15) is 19.2 Å². The highest BCUT2D eigenvalue weighted by Crippen LogP contribution is 2.26. The van der Waals surface area contributed by atoms with E-state index in [1.807, 2.05) is 42.5 Å². The van der Waals surface area contributed by atoms with E-state index < -0.39 is 6.04 Å². The van der Waals surface area contributed by atoms with E-state index in [0.29, 0.717) is 16.9 Å². The largest absolute Gasteiger partial charge is 0.372 e. The zero-order chi connectivity index (χ0) is 30.3. The summed E-state index contributed by atoms with van der Waals surface area (Å²) in [4.78, 5) is 55.9. The molecule has 11 nitrogen and oxygen atoms in total. The summed E-state index contributed by atoms with van der Waals surface area (Å²) < 4.78 is 1.21. The molecule has 3 aromatic rings. The molecule has 228 valence electrons. The maximum Gasteiger partial charge on any atom is 0.275 e. The number of nitrogens with one attached hydrogen (secondary N) is 2. The second kappa shape index (κ2) is 13.8. The van der Waals surface area contributed by atoms with E-state index in [-0.39, 0.29) is 30.2 Å². The van der Waals surface area contributed by atoms with Gasteiger partial charge < -0.3 is 25.2 Å². The topological polar surface area (TPSA) is 120 Å². The van der Waals surface area contributed by atoms with Crippen LogP contribution in [0.15, 0.2) is 53.5 Å². The van der Waals surface area contributed by atoms with Crippen LogP contribution in [0.5, 0.6) is 0 Å². The number of amides is 2. The highest BCUT2D eigenvalue weighted by molar-refractivity contribution is 5.94. The Morgan fingerprint density at radius 1 is 0.930 bits per heavy atom. The number of anilines is 2. The lowest BCUT2D eigenvalue weighted by atomic mass is 9.95. The number of aldehydes is 1. The van der Waals surface area contributed by atoms with Gasteiger partial charge in [-0.25, -0.2) is 4.68 Å². The van der Waals surface area contributed by atoms with Crippen LogP contribution in [0.4, 0.5) is 11.4 Å². The van der Waals surface area contributed by atoms with Gasteiger partial charge in [0, 0.05) is 88.7 Å². The number of hydrogen-bond acceptors (Lipinski definition) is 8. The van der Waals surface area contributed by atoms with Crippen LogP contribution < -0.4 is 26.0 Å². The Hall–Kier alpha value is -4.25. The SMILES string of the molecule is CNC(=O)c1ccc(N2CCC(CN3CCN(c4ccc5cnn(C(CCC=O)C(=O)NC)c(=O)c5c4)CC3)CC2)cc1. The quantitative estimate of drug-likeness (QED) is 0.346. The molecule has 11 heteroatoms. The second-order valence-corrected chi connectivity index (χ2v) is 11.4. The summed E-state index contributed by atoms with van der Waals surface area (Å²) in [5, 5.41) is 10.7. The van der Waals surface area contributed by atoms with Crippen molar-refractivity contribution in [1.82, 2.24) is 25.3 Å². The highest BCUT2D eigenvalue weighted by atomic mass is 16.2. The van der Waals surface area contributed by atoms with Crippen LogP contribution in [0.2, 0.25) is 0 Å². The number of carbonyl (C=O) groups excluding carboxylic acids is 3. The standard InChI is InChI=1S/C32H41N7O4/c1-33-30(41)24-5-8-26(9-6-24)37-13-11-23(12-14-37)22-36-15-17-38(18-16-36)27-10-7-25-21-35-39(32(43)28(25)20-27)29(4-3-19-40)31(42)34-2/h5-10,19-21,23,29H,3-4,11-18,22H2,1-2H3,(H,33,41)(H,34,42). The number of likely N-dealkylation sites (N-methyl/N-ethyl adjacent to an activating group) is 1. The first-order valence-electron chi connectivity index (χ1n) is 15.1. The van der Waals surface area contributed by atoms with Gasteiger partial charge in [0.1, 0.15) is 12.3 Å². The number of fused-ring (bicyclic) bond motifs is 1. The van der Waals surface area contributed by atoms with Gasteiger partial charge in [0.05, 0.1) is 11.6 Å². The molecule has 0 spiro atoms. The van der Waals surface area contributed by atoms with Crippen molar-refractivity contribution in [2.75, 3.05) is 69.7 Å².